The molecule has 0 saturated carbocycles. The molecule has 2 heterocycles. The van der Waals surface area contributed by atoms with Crippen molar-refractivity contribution in [2.45, 2.75) is 37.0 Å². The van der Waals surface area contributed by atoms with Crippen molar-refractivity contribution in [3.8, 4) is 0 Å². The summed E-state index contributed by atoms with van der Waals surface area (Å²) in [5.74, 6) is 1.08. The maximum absolute atomic E-state index is 13.1. The summed E-state index contributed by atoms with van der Waals surface area (Å²) in [6.45, 7) is 3.11. The fourth-order valence-electron chi connectivity index (χ4n) is 3.95. The fourth-order valence-corrected chi connectivity index (χ4v) is 5.47. The van der Waals surface area contributed by atoms with Crippen molar-refractivity contribution in [1.29, 1.82) is 0 Å². The second-order valence-corrected chi connectivity index (χ2v) is 9.16. The molecule has 1 fully saturated rings. The number of para-hydroxylation sites is 2. The fraction of sp³-hybridized carbons (Fsp3) is 0.381. The van der Waals surface area contributed by atoms with E-state index in [0.29, 0.717) is 18.0 Å². The third-order valence-electron chi connectivity index (χ3n) is 5.54. The van der Waals surface area contributed by atoms with Crippen molar-refractivity contribution in [1.82, 2.24) is 13.9 Å². The normalized spacial score (nSPS) is 18.8. The molecule has 1 unspecified atom stereocenters. The summed E-state index contributed by atoms with van der Waals surface area (Å²) in [5, 5.41) is 0. The van der Waals surface area contributed by atoms with Gasteiger partial charge in [0.2, 0.25) is 10.0 Å². The summed E-state index contributed by atoms with van der Waals surface area (Å²) in [6.07, 6.45) is 2.71. The Labute approximate surface area is 160 Å². The molecule has 0 N–H and O–H groups in total. The van der Waals surface area contributed by atoms with Crippen LogP contribution in [0.25, 0.3) is 11.0 Å². The molecule has 27 heavy (non-hydrogen) atoms. The van der Waals surface area contributed by atoms with Gasteiger partial charge >= 0.3 is 0 Å². The second kappa shape index (κ2) is 7.09. The number of nitrogens with zero attached hydrogens (tertiary/aromatic N) is 3. The van der Waals surface area contributed by atoms with Crippen LogP contribution in [0.15, 0.2) is 53.4 Å². The molecule has 0 aliphatic carbocycles. The molecule has 3 aromatic rings. The molecule has 2 aromatic carbocycles. The first-order valence-corrected chi connectivity index (χ1v) is 10.9. The van der Waals surface area contributed by atoms with Crippen molar-refractivity contribution < 1.29 is 8.42 Å². The minimum absolute atomic E-state index is 0.112. The van der Waals surface area contributed by atoms with Gasteiger partial charge in [0, 0.05) is 26.1 Å². The Kier molecular flexibility index (Phi) is 4.78. The quantitative estimate of drug-likeness (QED) is 0.690. The van der Waals surface area contributed by atoms with Crippen molar-refractivity contribution in [3.05, 3.63) is 59.9 Å². The van der Waals surface area contributed by atoms with E-state index in [-0.39, 0.29) is 5.92 Å². The lowest BCUT2D eigenvalue weighted by Gasteiger charge is -2.31. The van der Waals surface area contributed by atoms with Crippen LogP contribution in [-0.2, 0) is 23.5 Å². The minimum Gasteiger partial charge on any atom is -0.331 e. The van der Waals surface area contributed by atoms with Crippen LogP contribution >= 0.6 is 0 Å². The first-order valence-electron chi connectivity index (χ1n) is 9.51. The highest BCUT2D eigenvalue weighted by atomic mass is 32.2. The summed E-state index contributed by atoms with van der Waals surface area (Å²) in [4.78, 5) is 5.17. The van der Waals surface area contributed by atoms with Crippen molar-refractivity contribution >= 4 is 21.1 Å². The zero-order valence-electron chi connectivity index (χ0n) is 15.8. The van der Waals surface area contributed by atoms with Crippen LogP contribution in [-0.4, -0.2) is 35.4 Å². The molecule has 0 radical (unpaired) electrons. The first-order chi connectivity index (χ1) is 13.0. The van der Waals surface area contributed by atoms with Gasteiger partial charge in [0.15, 0.2) is 0 Å². The maximum atomic E-state index is 13.1. The third kappa shape index (κ3) is 3.28. The van der Waals surface area contributed by atoms with E-state index < -0.39 is 10.0 Å². The molecular weight excluding hydrogens is 358 g/mol. The maximum Gasteiger partial charge on any atom is 0.243 e. The smallest absolute Gasteiger partial charge is 0.243 e. The van der Waals surface area contributed by atoms with Crippen LogP contribution < -0.4 is 0 Å². The highest BCUT2D eigenvalue weighted by Crippen LogP contribution is 2.31. The number of hydrogen-bond acceptors (Lipinski definition) is 3. The van der Waals surface area contributed by atoms with E-state index in [0.717, 1.165) is 41.7 Å². The number of aryl methyl sites for hydroxylation is 2. The van der Waals surface area contributed by atoms with Gasteiger partial charge in [-0.05, 0) is 49.1 Å². The average Bonchev–Trinajstić information content (AvgIpc) is 3.05. The predicted octanol–water partition coefficient (Wildman–Crippen LogP) is 3.70. The van der Waals surface area contributed by atoms with Crippen LogP contribution in [0.2, 0.25) is 0 Å². The second-order valence-electron chi connectivity index (χ2n) is 7.22. The summed E-state index contributed by atoms with van der Waals surface area (Å²) < 4.78 is 30.0. The summed E-state index contributed by atoms with van der Waals surface area (Å²) in [5.41, 5.74) is 3.19. The Hall–Kier alpha value is -2.18. The third-order valence-corrected chi connectivity index (χ3v) is 7.42. The number of benzene rings is 2. The highest BCUT2D eigenvalue weighted by Gasteiger charge is 2.32. The number of fused-ring (bicyclic) bond motifs is 1. The van der Waals surface area contributed by atoms with Gasteiger partial charge in [-0.25, -0.2) is 13.4 Å². The summed E-state index contributed by atoms with van der Waals surface area (Å²) in [6, 6.07) is 15.3. The molecule has 0 bridgehead atoms. The molecular formula is C21H25N3O2S. The van der Waals surface area contributed by atoms with Crippen LogP contribution in [0.5, 0.6) is 0 Å². The Morgan fingerprint density at radius 3 is 2.56 bits per heavy atom. The molecule has 1 atom stereocenters. The van der Waals surface area contributed by atoms with E-state index in [9.17, 15) is 8.42 Å². The van der Waals surface area contributed by atoms with Crippen LogP contribution in [0, 0.1) is 0 Å². The van der Waals surface area contributed by atoms with E-state index >= 15 is 0 Å². The molecule has 0 spiro atoms. The number of imidazole rings is 1. The lowest BCUT2D eigenvalue weighted by Crippen LogP contribution is -2.39. The van der Waals surface area contributed by atoms with Crippen LogP contribution in [0.1, 0.15) is 37.1 Å². The SMILES string of the molecule is CCc1ccc(S(=O)(=O)N2CCCC(c3nc4ccccc4n3C)C2)cc1. The summed E-state index contributed by atoms with van der Waals surface area (Å²) in [7, 11) is -1.46. The van der Waals surface area contributed by atoms with Gasteiger partial charge in [-0.1, -0.05) is 31.2 Å². The number of aromatic nitrogens is 2. The van der Waals surface area contributed by atoms with Gasteiger partial charge in [-0.15, -0.1) is 0 Å². The minimum atomic E-state index is -3.47. The molecule has 5 nitrogen and oxygen atoms in total. The van der Waals surface area contributed by atoms with Gasteiger partial charge in [-0.2, -0.15) is 4.31 Å². The van der Waals surface area contributed by atoms with Gasteiger partial charge < -0.3 is 4.57 Å². The standard InChI is InChI=1S/C21H25N3O2S/c1-3-16-10-12-18(13-11-16)27(25,26)24-14-6-7-17(15-24)21-22-19-8-4-5-9-20(19)23(21)2/h4-5,8-13,17H,3,6-7,14-15H2,1-2H3. The molecule has 1 saturated heterocycles. The molecule has 0 amide bonds. The Morgan fingerprint density at radius 1 is 1.11 bits per heavy atom. The number of sulfonamides is 1. The molecule has 1 aromatic heterocycles. The number of hydrogen-bond donors (Lipinski definition) is 0. The van der Waals surface area contributed by atoms with E-state index in [1.54, 1.807) is 16.4 Å². The molecule has 1 aliphatic heterocycles. The molecule has 1 aliphatic rings. The van der Waals surface area contributed by atoms with Gasteiger partial charge in [-0.3, -0.25) is 0 Å². The number of piperidine rings is 1. The predicted molar refractivity (Wildman–Crippen MR) is 107 cm³/mol. The lowest BCUT2D eigenvalue weighted by molar-refractivity contribution is 0.307. The van der Waals surface area contributed by atoms with Crippen molar-refractivity contribution in [2.75, 3.05) is 13.1 Å². The van der Waals surface area contributed by atoms with Crippen molar-refractivity contribution in [2.24, 2.45) is 7.05 Å². The molecule has 142 valence electrons. The van der Waals surface area contributed by atoms with Gasteiger partial charge in [0.1, 0.15) is 5.82 Å². The summed E-state index contributed by atoms with van der Waals surface area (Å²) >= 11 is 0. The average molecular weight is 384 g/mol. The zero-order valence-corrected chi connectivity index (χ0v) is 16.6. The van der Waals surface area contributed by atoms with Gasteiger partial charge in [0.05, 0.1) is 15.9 Å². The Bertz CT molecular complexity index is 1050. The number of rotatable bonds is 4. The van der Waals surface area contributed by atoms with E-state index in [1.165, 1.54) is 0 Å². The van der Waals surface area contributed by atoms with Gasteiger partial charge in [0.25, 0.3) is 0 Å². The first kappa shape index (κ1) is 18.2. The topological polar surface area (TPSA) is 55.2 Å². The highest BCUT2D eigenvalue weighted by molar-refractivity contribution is 7.89. The molecule has 6 heteroatoms. The Morgan fingerprint density at radius 2 is 1.85 bits per heavy atom. The van der Waals surface area contributed by atoms with E-state index in [2.05, 4.69) is 17.6 Å². The Balaban J connectivity index is 1.62. The van der Waals surface area contributed by atoms with E-state index in [1.807, 2.05) is 37.4 Å². The zero-order chi connectivity index (χ0) is 19.0. The molecule has 4 rings (SSSR count). The van der Waals surface area contributed by atoms with E-state index in [4.69, 9.17) is 4.98 Å². The monoisotopic (exact) mass is 383 g/mol. The largest absolute Gasteiger partial charge is 0.331 e. The van der Waals surface area contributed by atoms with Crippen molar-refractivity contribution in [3.63, 3.8) is 0 Å². The van der Waals surface area contributed by atoms with Crippen LogP contribution in [0.4, 0.5) is 0 Å². The van der Waals surface area contributed by atoms with Crippen LogP contribution in [0.3, 0.4) is 0 Å². The lowest BCUT2D eigenvalue weighted by atomic mass is 9.99.